The van der Waals surface area contributed by atoms with Crippen molar-refractivity contribution in [2.45, 2.75) is 29.2 Å². The molecule has 1 saturated heterocycles. The van der Waals surface area contributed by atoms with E-state index in [9.17, 15) is 13.2 Å². The average Bonchev–Trinajstić information content (AvgIpc) is 3.37. The molecule has 0 N–H and O–H groups in total. The van der Waals surface area contributed by atoms with E-state index < -0.39 is 12.1 Å². The van der Waals surface area contributed by atoms with Crippen molar-refractivity contribution in [3.05, 3.63) is 66.1 Å². The first-order valence-corrected chi connectivity index (χ1v) is 10.3. The van der Waals surface area contributed by atoms with Gasteiger partial charge in [0.15, 0.2) is 0 Å². The third-order valence-electron chi connectivity index (χ3n) is 4.87. The smallest absolute Gasteiger partial charge is 0.329 e. The van der Waals surface area contributed by atoms with Crippen molar-refractivity contribution < 1.29 is 17.7 Å². The lowest BCUT2D eigenvalue weighted by Gasteiger charge is -2.16. The molecule has 2 heterocycles. The van der Waals surface area contributed by atoms with Crippen molar-refractivity contribution in [3.8, 4) is 11.4 Å². The minimum Gasteiger partial charge on any atom is -0.329 e. The van der Waals surface area contributed by atoms with E-state index in [1.807, 2.05) is 18.2 Å². The molecule has 0 bridgehead atoms. The van der Waals surface area contributed by atoms with E-state index in [1.165, 1.54) is 5.56 Å². The van der Waals surface area contributed by atoms with E-state index in [2.05, 4.69) is 43.8 Å². The predicted molar refractivity (Wildman–Crippen MR) is 106 cm³/mol. The van der Waals surface area contributed by atoms with Crippen LogP contribution in [-0.2, 0) is 12.6 Å². The van der Waals surface area contributed by atoms with Crippen LogP contribution in [0.5, 0.6) is 0 Å². The summed E-state index contributed by atoms with van der Waals surface area (Å²) in [5.41, 5.74) is 1.86. The molecule has 152 valence electrons. The Labute approximate surface area is 171 Å². The fourth-order valence-corrected chi connectivity index (χ4v) is 4.55. The van der Waals surface area contributed by atoms with Crippen molar-refractivity contribution in [1.29, 1.82) is 0 Å². The number of benzene rings is 2. The zero-order valence-electron chi connectivity index (χ0n) is 15.6. The van der Waals surface area contributed by atoms with Crippen LogP contribution in [0.2, 0.25) is 0 Å². The molecule has 1 fully saturated rings. The summed E-state index contributed by atoms with van der Waals surface area (Å²) in [6, 6.07) is 17.7. The quantitative estimate of drug-likeness (QED) is 0.552. The van der Waals surface area contributed by atoms with Crippen LogP contribution in [-0.4, -0.2) is 39.9 Å². The lowest BCUT2D eigenvalue weighted by molar-refractivity contribution is -0.159. The van der Waals surface area contributed by atoms with Gasteiger partial charge in [-0.3, -0.25) is 0 Å². The molecule has 4 rings (SSSR count). The first-order valence-electron chi connectivity index (χ1n) is 9.42. The maximum Gasteiger partial charge on any atom is 0.471 e. The molecule has 0 unspecified atom stereocenters. The third kappa shape index (κ3) is 5.19. The van der Waals surface area contributed by atoms with E-state index in [1.54, 1.807) is 23.9 Å². The summed E-state index contributed by atoms with van der Waals surface area (Å²) in [7, 11) is 0. The van der Waals surface area contributed by atoms with Gasteiger partial charge in [-0.05, 0) is 49.2 Å². The lowest BCUT2D eigenvalue weighted by atomic mass is 10.1. The van der Waals surface area contributed by atoms with Crippen LogP contribution in [0.1, 0.15) is 17.9 Å². The number of alkyl halides is 3. The Hall–Kier alpha value is -2.32. The van der Waals surface area contributed by atoms with E-state index in [0.29, 0.717) is 10.8 Å². The molecule has 1 aliphatic heterocycles. The van der Waals surface area contributed by atoms with Crippen LogP contribution in [0, 0.1) is 0 Å². The number of nitrogens with zero attached hydrogens (tertiary/aromatic N) is 3. The van der Waals surface area contributed by atoms with Gasteiger partial charge < -0.3 is 9.42 Å². The number of halogens is 3. The molecule has 0 saturated carbocycles. The second kappa shape index (κ2) is 8.59. The molecule has 2 aromatic carbocycles. The van der Waals surface area contributed by atoms with Crippen LogP contribution in [0.25, 0.3) is 11.4 Å². The van der Waals surface area contributed by atoms with Gasteiger partial charge in [-0.1, -0.05) is 35.5 Å². The molecule has 29 heavy (non-hydrogen) atoms. The third-order valence-corrected chi connectivity index (χ3v) is 6.13. The molecule has 0 spiro atoms. The van der Waals surface area contributed by atoms with Gasteiger partial charge in [0.05, 0.1) is 0 Å². The Morgan fingerprint density at radius 3 is 2.52 bits per heavy atom. The average molecular weight is 419 g/mol. The highest BCUT2D eigenvalue weighted by Gasteiger charge is 2.38. The summed E-state index contributed by atoms with van der Waals surface area (Å²) in [5.74, 6) is -1.38. The zero-order valence-corrected chi connectivity index (χ0v) is 16.4. The standard InChI is InChI=1S/C21H20F3N3OS/c22-21(23,24)20-25-19(26-28-20)16-6-8-17(9-7-16)29-18-11-13-27(14-18)12-10-15-4-2-1-3-5-15/h1-9,18H,10-14H2/t18-/m1/s1. The van der Waals surface area contributed by atoms with E-state index >= 15 is 0 Å². The molecule has 1 aliphatic rings. The van der Waals surface area contributed by atoms with Crippen molar-refractivity contribution in [2.75, 3.05) is 19.6 Å². The first kappa shape index (κ1) is 20.0. The largest absolute Gasteiger partial charge is 0.471 e. The molecule has 8 heteroatoms. The maximum absolute atomic E-state index is 12.6. The Balaban J connectivity index is 1.30. The minimum absolute atomic E-state index is 0.0539. The fourth-order valence-electron chi connectivity index (χ4n) is 3.36. The van der Waals surface area contributed by atoms with Crippen molar-refractivity contribution >= 4 is 11.8 Å². The summed E-state index contributed by atoms with van der Waals surface area (Å²) in [6.07, 6.45) is -2.45. The summed E-state index contributed by atoms with van der Waals surface area (Å²) in [5, 5.41) is 3.93. The topological polar surface area (TPSA) is 42.2 Å². The number of rotatable bonds is 6. The van der Waals surface area contributed by atoms with Crippen LogP contribution in [0.3, 0.4) is 0 Å². The Kier molecular flexibility index (Phi) is 5.91. The summed E-state index contributed by atoms with van der Waals surface area (Å²) in [6.45, 7) is 3.18. The molecular weight excluding hydrogens is 399 g/mol. The zero-order chi connectivity index (χ0) is 20.3. The predicted octanol–water partition coefficient (Wildman–Crippen LogP) is 5.16. The summed E-state index contributed by atoms with van der Waals surface area (Å²) < 4.78 is 42.1. The molecule has 0 radical (unpaired) electrons. The highest BCUT2D eigenvalue weighted by atomic mass is 32.2. The lowest BCUT2D eigenvalue weighted by Crippen LogP contribution is -2.23. The van der Waals surface area contributed by atoms with Gasteiger partial charge in [0, 0.05) is 28.8 Å². The number of aromatic nitrogens is 2. The number of hydrogen-bond donors (Lipinski definition) is 0. The molecule has 4 nitrogen and oxygen atoms in total. The molecular formula is C21H20F3N3OS. The van der Waals surface area contributed by atoms with Crippen LogP contribution >= 0.6 is 11.8 Å². The maximum atomic E-state index is 12.6. The van der Waals surface area contributed by atoms with E-state index in [-0.39, 0.29) is 5.82 Å². The van der Waals surface area contributed by atoms with Gasteiger partial charge in [0.2, 0.25) is 5.82 Å². The van der Waals surface area contributed by atoms with Crippen LogP contribution in [0.15, 0.2) is 64.0 Å². The highest BCUT2D eigenvalue weighted by Crippen LogP contribution is 2.32. The summed E-state index contributed by atoms with van der Waals surface area (Å²) in [4.78, 5) is 6.99. The van der Waals surface area contributed by atoms with Crippen LogP contribution < -0.4 is 0 Å². The van der Waals surface area contributed by atoms with E-state index in [4.69, 9.17) is 0 Å². The van der Waals surface area contributed by atoms with Gasteiger partial charge in [0.25, 0.3) is 0 Å². The van der Waals surface area contributed by atoms with Gasteiger partial charge >= 0.3 is 12.1 Å². The van der Waals surface area contributed by atoms with Gasteiger partial charge in [0.1, 0.15) is 0 Å². The van der Waals surface area contributed by atoms with Gasteiger partial charge in [-0.15, -0.1) is 11.8 Å². The number of likely N-dealkylation sites (tertiary alicyclic amines) is 1. The number of hydrogen-bond acceptors (Lipinski definition) is 5. The SMILES string of the molecule is FC(F)(F)c1nc(-c2ccc(S[C@@H]3CCN(CCc4ccccc4)C3)cc2)no1. The monoisotopic (exact) mass is 419 g/mol. The highest BCUT2D eigenvalue weighted by molar-refractivity contribution is 8.00. The minimum atomic E-state index is -4.63. The number of thioether (sulfide) groups is 1. The Morgan fingerprint density at radius 2 is 1.83 bits per heavy atom. The second-order valence-corrected chi connectivity index (χ2v) is 8.38. The molecule has 0 amide bonds. The Bertz CT molecular complexity index is 928. The van der Waals surface area contributed by atoms with Gasteiger partial charge in [-0.2, -0.15) is 18.2 Å². The molecule has 1 atom stereocenters. The normalized spacial score (nSPS) is 17.7. The van der Waals surface area contributed by atoms with E-state index in [0.717, 1.165) is 37.4 Å². The molecule has 0 aliphatic carbocycles. The summed E-state index contributed by atoms with van der Waals surface area (Å²) >= 11 is 1.80. The first-order chi connectivity index (χ1) is 14.0. The van der Waals surface area contributed by atoms with Gasteiger partial charge in [-0.25, -0.2) is 0 Å². The Morgan fingerprint density at radius 1 is 1.07 bits per heavy atom. The second-order valence-electron chi connectivity index (χ2n) is 7.01. The molecule has 3 aromatic rings. The van der Waals surface area contributed by atoms with Crippen molar-refractivity contribution in [3.63, 3.8) is 0 Å². The van der Waals surface area contributed by atoms with Crippen LogP contribution in [0.4, 0.5) is 13.2 Å². The van der Waals surface area contributed by atoms with Crippen molar-refractivity contribution in [2.24, 2.45) is 0 Å². The fraction of sp³-hybridized carbons (Fsp3) is 0.333. The molecule has 1 aromatic heterocycles. The van der Waals surface area contributed by atoms with Crippen molar-refractivity contribution in [1.82, 2.24) is 15.0 Å².